The average molecular weight is 381 g/mol. The number of benzene rings is 2. The molecule has 2 aromatic carbocycles. The van der Waals surface area contributed by atoms with E-state index in [2.05, 4.69) is 60.5 Å². The molecule has 0 aromatic heterocycles. The van der Waals surface area contributed by atoms with Gasteiger partial charge in [-0.15, -0.1) is 0 Å². The predicted molar refractivity (Wildman–Crippen MR) is 115 cm³/mol. The molecule has 1 atom stereocenters. The first-order valence-electron chi connectivity index (χ1n) is 10.3. The molecule has 2 aromatic rings. The van der Waals surface area contributed by atoms with Gasteiger partial charge >= 0.3 is 0 Å². The van der Waals surface area contributed by atoms with Crippen LogP contribution in [0.1, 0.15) is 56.2 Å². The number of hydrogen-bond donors (Lipinski definition) is 1. The molecule has 4 heteroatoms. The van der Waals surface area contributed by atoms with Crippen LogP contribution in [0.25, 0.3) is 0 Å². The molecule has 28 heavy (non-hydrogen) atoms. The van der Waals surface area contributed by atoms with Gasteiger partial charge in [-0.2, -0.15) is 0 Å². The lowest BCUT2D eigenvalue weighted by Crippen LogP contribution is -2.36. The highest BCUT2D eigenvalue weighted by Gasteiger charge is 2.18. The van der Waals surface area contributed by atoms with Crippen molar-refractivity contribution in [1.29, 1.82) is 0 Å². The van der Waals surface area contributed by atoms with Crippen molar-refractivity contribution in [3.05, 3.63) is 59.2 Å². The van der Waals surface area contributed by atoms with Crippen LogP contribution in [0.3, 0.4) is 0 Å². The zero-order valence-electron chi connectivity index (χ0n) is 17.5. The van der Waals surface area contributed by atoms with Gasteiger partial charge in [-0.05, 0) is 67.5 Å². The molecular formula is C24H32N2O2. The Morgan fingerprint density at radius 2 is 1.75 bits per heavy atom. The minimum Gasteiger partial charge on any atom is -0.481 e. The lowest BCUT2D eigenvalue weighted by Gasteiger charge is -2.20. The Kier molecular flexibility index (Phi) is 6.61. The van der Waals surface area contributed by atoms with Crippen LogP contribution >= 0.6 is 0 Å². The van der Waals surface area contributed by atoms with E-state index in [1.807, 2.05) is 13.0 Å². The minimum absolute atomic E-state index is 0.0974. The molecule has 150 valence electrons. The van der Waals surface area contributed by atoms with E-state index in [4.69, 9.17) is 4.74 Å². The summed E-state index contributed by atoms with van der Waals surface area (Å²) in [5.41, 5.74) is 4.62. The number of aryl methyl sites for hydroxylation is 1. The Morgan fingerprint density at radius 3 is 2.39 bits per heavy atom. The van der Waals surface area contributed by atoms with Gasteiger partial charge in [0, 0.05) is 25.3 Å². The summed E-state index contributed by atoms with van der Waals surface area (Å²) in [5.74, 6) is 1.05. The van der Waals surface area contributed by atoms with Crippen molar-refractivity contribution in [2.45, 2.75) is 59.1 Å². The summed E-state index contributed by atoms with van der Waals surface area (Å²) in [4.78, 5) is 14.9. The number of anilines is 1. The van der Waals surface area contributed by atoms with Gasteiger partial charge in [-0.25, -0.2) is 0 Å². The highest BCUT2D eigenvalue weighted by Crippen LogP contribution is 2.28. The third kappa shape index (κ3) is 5.06. The van der Waals surface area contributed by atoms with E-state index >= 15 is 0 Å². The number of hydrogen-bond acceptors (Lipinski definition) is 3. The van der Waals surface area contributed by atoms with E-state index in [9.17, 15) is 4.79 Å². The largest absolute Gasteiger partial charge is 0.481 e. The van der Waals surface area contributed by atoms with Crippen LogP contribution in [0.15, 0.2) is 42.5 Å². The molecule has 1 amide bonds. The summed E-state index contributed by atoms with van der Waals surface area (Å²) < 4.78 is 6.01. The fourth-order valence-electron chi connectivity index (χ4n) is 3.60. The maximum absolute atomic E-state index is 12.5. The monoisotopic (exact) mass is 380 g/mol. The molecule has 1 N–H and O–H groups in total. The minimum atomic E-state index is -0.539. The summed E-state index contributed by atoms with van der Waals surface area (Å²) in [5, 5.41) is 2.99. The lowest BCUT2D eigenvalue weighted by molar-refractivity contribution is -0.127. The van der Waals surface area contributed by atoms with Gasteiger partial charge < -0.3 is 15.0 Å². The van der Waals surface area contributed by atoms with Crippen molar-refractivity contribution in [2.75, 3.05) is 18.0 Å². The highest BCUT2D eigenvalue weighted by molar-refractivity contribution is 5.80. The van der Waals surface area contributed by atoms with Gasteiger partial charge in [-0.1, -0.05) is 38.1 Å². The third-order valence-corrected chi connectivity index (χ3v) is 5.34. The molecule has 1 fully saturated rings. The maximum atomic E-state index is 12.5. The van der Waals surface area contributed by atoms with E-state index in [-0.39, 0.29) is 5.91 Å². The van der Waals surface area contributed by atoms with Gasteiger partial charge in [0.15, 0.2) is 6.10 Å². The number of nitrogens with zero attached hydrogens (tertiary/aromatic N) is 1. The van der Waals surface area contributed by atoms with Crippen LogP contribution in [0.5, 0.6) is 5.75 Å². The number of rotatable bonds is 7. The first-order chi connectivity index (χ1) is 13.4. The normalized spacial score (nSPS) is 15.0. The van der Waals surface area contributed by atoms with Crippen LogP contribution in [0.4, 0.5) is 5.69 Å². The van der Waals surface area contributed by atoms with Crippen LogP contribution < -0.4 is 15.0 Å². The molecule has 1 aliphatic heterocycles. The van der Waals surface area contributed by atoms with Crippen molar-refractivity contribution in [2.24, 2.45) is 0 Å². The summed E-state index contributed by atoms with van der Waals surface area (Å²) in [6.45, 7) is 10.9. The average Bonchev–Trinajstić information content (AvgIpc) is 3.21. The van der Waals surface area contributed by atoms with Gasteiger partial charge in [0.25, 0.3) is 5.91 Å². The van der Waals surface area contributed by atoms with E-state index < -0.39 is 6.10 Å². The number of amides is 1. The molecule has 0 bridgehead atoms. The quantitative estimate of drug-likeness (QED) is 0.750. The highest BCUT2D eigenvalue weighted by atomic mass is 16.5. The molecule has 0 spiro atoms. The first kappa shape index (κ1) is 20.2. The topological polar surface area (TPSA) is 41.6 Å². The van der Waals surface area contributed by atoms with E-state index in [1.165, 1.54) is 18.5 Å². The molecule has 1 heterocycles. The van der Waals surface area contributed by atoms with Gasteiger partial charge in [0.05, 0.1) is 0 Å². The van der Waals surface area contributed by atoms with Crippen molar-refractivity contribution in [3.8, 4) is 5.75 Å². The first-order valence-corrected chi connectivity index (χ1v) is 10.3. The predicted octanol–water partition coefficient (Wildman–Crippen LogP) is 4.80. The van der Waals surface area contributed by atoms with Crippen LogP contribution in [0.2, 0.25) is 0 Å². The van der Waals surface area contributed by atoms with E-state index in [0.29, 0.717) is 12.5 Å². The van der Waals surface area contributed by atoms with E-state index in [0.717, 1.165) is 35.5 Å². The number of carbonyl (C=O) groups excluding carboxylic acids is 1. The fourth-order valence-corrected chi connectivity index (χ4v) is 3.60. The molecular weight excluding hydrogens is 348 g/mol. The smallest absolute Gasteiger partial charge is 0.261 e. The lowest BCUT2D eigenvalue weighted by atomic mass is 10.0. The molecule has 1 saturated heterocycles. The van der Waals surface area contributed by atoms with Gasteiger partial charge in [0.1, 0.15) is 5.75 Å². The second-order valence-corrected chi connectivity index (χ2v) is 8.03. The molecule has 1 aliphatic rings. The van der Waals surface area contributed by atoms with E-state index in [1.54, 1.807) is 6.92 Å². The molecule has 0 aliphatic carbocycles. The Morgan fingerprint density at radius 1 is 1.07 bits per heavy atom. The zero-order chi connectivity index (χ0) is 20.1. The van der Waals surface area contributed by atoms with Gasteiger partial charge in [0.2, 0.25) is 0 Å². The Bertz CT molecular complexity index is 793. The summed E-state index contributed by atoms with van der Waals surface area (Å²) in [6.07, 6.45) is 2.01. The third-order valence-electron chi connectivity index (χ3n) is 5.34. The van der Waals surface area contributed by atoms with Crippen molar-refractivity contribution >= 4 is 11.6 Å². The summed E-state index contributed by atoms with van der Waals surface area (Å²) in [7, 11) is 0. The molecule has 3 rings (SSSR count). The van der Waals surface area contributed by atoms with Crippen molar-refractivity contribution < 1.29 is 9.53 Å². The van der Waals surface area contributed by atoms with Gasteiger partial charge in [-0.3, -0.25) is 4.79 Å². The second-order valence-electron chi connectivity index (χ2n) is 8.03. The van der Waals surface area contributed by atoms with Crippen molar-refractivity contribution in [1.82, 2.24) is 5.32 Å². The Labute approximate surface area is 168 Å². The number of carbonyl (C=O) groups is 1. The molecule has 0 saturated carbocycles. The van der Waals surface area contributed by atoms with Crippen LogP contribution in [0, 0.1) is 6.92 Å². The van der Waals surface area contributed by atoms with Crippen LogP contribution in [-0.2, 0) is 11.3 Å². The molecule has 1 unspecified atom stereocenters. The second kappa shape index (κ2) is 9.13. The maximum Gasteiger partial charge on any atom is 0.261 e. The zero-order valence-corrected chi connectivity index (χ0v) is 17.5. The number of ether oxygens (including phenoxy) is 1. The van der Waals surface area contributed by atoms with Crippen molar-refractivity contribution in [3.63, 3.8) is 0 Å². The fraction of sp³-hybridized carbons (Fsp3) is 0.458. The Balaban J connectivity index is 1.55. The SMILES string of the molecule is Cc1ccc(C(C)C)c(OC(C)C(=O)NCc2ccc(N3CCCC3)cc2)c1. The molecule has 0 radical (unpaired) electrons. The standard InChI is InChI=1S/C24H32N2O2/c1-17(2)22-12-7-18(3)15-23(22)28-19(4)24(27)25-16-20-8-10-21(11-9-20)26-13-5-6-14-26/h7-12,15,17,19H,5-6,13-14,16H2,1-4H3,(H,25,27). The summed E-state index contributed by atoms with van der Waals surface area (Å²) in [6, 6.07) is 14.7. The molecule has 4 nitrogen and oxygen atoms in total. The number of nitrogens with one attached hydrogen (secondary N) is 1. The van der Waals surface area contributed by atoms with Crippen LogP contribution in [-0.4, -0.2) is 25.1 Å². The Hall–Kier alpha value is -2.49. The summed E-state index contributed by atoms with van der Waals surface area (Å²) >= 11 is 0.